The summed E-state index contributed by atoms with van der Waals surface area (Å²) >= 11 is 2.99. The molecule has 5 rings (SSSR count). The Labute approximate surface area is 203 Å². The van der Waals surface area contributed by atoms with Crippen LogP contribution in [0.25, 0.3) is 16.4 Å². The van der Waals surface area contributed by atoms with Crippen LogP contribution in [0.2, 0.25) is 0 Å². The quantitative estimate of drug-likeness (QED) is 0.272. The van der Waals surface area contributed by atoms with Crippen LogP contribution < -0.4 is 5.32 Å². The molecule has 5 aromatic rings. The molecule has 0 spiro atoms. The van der Waals surface area contributed by atoms with Crippen molar-refractivity contribution in [1.29, 1.82) is 0 Å². The maximum atomic E-state index is 14.7. The van der Waals surface area contributed by atoms with Gasteiger partial charge in [-0.15, -0.1) is 21.5 Å². The third kappa shape index (κ3) is 4.80. The van der Waals surface area contributed by atoms with Gasteiger partial charge >= 0.3 is 0 Å². The molecule has 0 aliphatic carbocycles. The van der Waals surface area contributed by atoms with E-state index < -0.39 is 0 Å². The molecule has 1 N–H and O–H groups in total. The number of thiophene rings is 1. The van der Waals surface area contributed by atoms with Gasteiger partial charge in [-0.2, -0.15) is 0 Å². The average molecular weight is 491 g/mol. The van der Waals surface area contributed by atoms with E-state index in [1.54, 1.807) is 47.2 Å². The molecule has 0 aliphatic rings. The smallest absolute Gasteiger partial charge is 0.251 e. The van der Waals surface area contributed by atoms with Crippen LogP contribution in [0.1, 0.15) is 21.7 Å². The van der Waals surface area contributed by atoms with Gasteiger partial charge in [0.2, 0.25) is 0 Å². The monoisotopic (exact) mass is 490 g/mol. The van der Waals surface area contributed by atoms with E-state index in [1.165, 1.54) is 29.2 Å². The third-order valence-corrected chi connectivity index (χ3v) is 6.92. The number of aromatic nitrogens is 3. The van der Waals surface area contributed by atoms with E-state index in [0.717, 1.165) is 10.4 Å². The first kappa shape index (κ1) is 22.1. The molecule has 2 aromatic carbocycles. The number of furan rings is 1. The van der Waals surface area contributed by atoms with Crippen LogP contribution in [0.5, 0.6) is 0 Å². The van der Waals surface area contributed by atoms with Gasteiger partial charge in [-0.25, -0.2) is 4.39 Å². The first-order chi connectivity index (χ1) is 16.7. The number of amides is 1. The normalized spacial score (nSPS) is 11.0. The highest BCUT2D eigenvalue weighted by Crippen LogP contribution is 2.32. The lowest BCUT2D eigenvalue weighted by molar-refractivity contribution is 0.0948. The second-order valence-corrected chi connectivity index (χ2v) is 9.21. The summed E-state index contributed by atoms with van der Waals surface area (Å²) in [6.07, 6.45) is 1.57. The summed E-state index contributed by atoms with van der Waals surface area (Å²) in [6.45, 7) is 0.335. The summed E-state index contributed by atoms with van der Waals surface area (Å²) in [4.78, 5) is 13.3. The molecule has 0 fully saturated rings. The highest BCUT2D eigenvalue weighted by Gasteiger charge is 2.19. The topological polar surface area (TPSA) is 73.0 Å². The van der Waals surface area contributed by atoms with Gasteiger partial charge in [-0.05, 0) is 53.4 Å². The van der Waals surface area contributed by atoms with E-state index in [-0.39, 0.29) is 11.7 Å². The highest BCUT2D eigenvalue weighted by atomic mass is 32.2. The average Bonchev–Trinajstić information content (AvgIpc) is 3.64. The summed E-state index contributed by atoms with van der Waals surface area (Å²) in [5, 5.41) is 14.1. The fourth-order valence-electron chi connectivity index (χ4n) is 3.36. The van der Waals surface area contributed by atoms with Crippen LogP contribution in [0.15, 0.2) is 94.0 Å². The highest BCUT2D eigenvalue weighted by molar-refractivity contribution is 7.98. The number of hydrogen-bond donors (Lipinski definition) is 1. The molecule has 34 heavy (non-hydrogen) atoms. The number of para-hydroxylation sites is 1. The van der Waals surface area contributed by atoms with E-state index in [4.69, 9.17) is 4.42 Å². The predicted molar refractivity (Wildman–Crippen MR) is 131 cm³/mol. The number of thioether (sulfide) groups is 1. The van der Waals surface area contributed by atoms with Crippen molar-refractivity contribution in [2.24, 2.45) is 0 Å². The zero-order valence-electron chi connectivity index (χ0n) is 17.8. The number of benzene rings is 2. The van der Waals surface area contributed by atoms with Crippen molar-refractivity contribution >= 4 is 29.0 Å². The third-order valence-electron chi connectivity index (χ3n) is 5.06. The maximum Gasteiger partial charge on any atom is 0.251 e. The number of nitrogens with one attached hydrogen (secondary N) is 1. The van der Waals surface area contributed by atoms with E-state index in [0.29, 0.717) is 40.3 Å². The van der Waals surface area contributed by atoms with E-state index >= 15 is 0 Å². The van der Waals surface area contributed by atoms with Crippen LogP contribution in [0, 0.1) is 5.82 Å². The van der Waals surface area contributed by atoms with Gasteiger partial charge in [0, 0.05) is 11.3 Å². The zero-order chi connectivity index (χ0) is 23.3. The number of nitrogens with zero attached hydrogens (tertiary/aromatic N) is 3. The van der Waals surface area contributed by atoms with E-state index in [9.17, 15) is 9.18 Å². The number of halogens is 1. The summed E-state index contributed by atoms with van der Waals surface area (Å²) in [5.74, 6) is 1.38. The fraction of sp³-hybridized carbons (Fsp3) is 0.0800. The van der Waals surface area contributed by atoms with Crippen LogP contribution in [-0.2, 0) is 12.3 Å². The molecule has 6 nitrogen and oxygen atoms in total. The Kier molecular flexibility index (Phi) is 6.55. The summed E-state index contributed by atoms with van der Waals surface area (Å²) < 4.78 is 21.7. The molecule has 170 valence electrons. The van der Waals surface area contributed by atoms with Crippen LogP contribution in [-0.4, -0.2) is 20.7 Å². The van der Waals surface area contributed by atoms with Crippen molar-refractivity contribution in [2.75, 3.05) is 0 Å². The second kappa shape index (κ2) is 10.1. The van der Waals surface area contributed by atoms with Gasteiger partial charge in [-0.3, -0.25) is 9.36 Å². The summed E-state index contributed by atoms with van der Waals surface area (Å²) in [7, 11) is 0. The van der Waals surface area contributed by atoms with Crippen molar-refractivity contribution < 1.29 is 13.6 Å². The summed E-state index contributed by atoms with van der Waals surface area (Å²) in [5.41, 5.74) is 1.98. The Hall–Kier alpha value is -3.69. The minimum atomic E-state index is -0.341. The molecule has 9 heteroatoms. The molecule has 0 unspecified atom stereocenters. The zero-order valence-corrected chi connectivity index (χ0v) is 19.5. The Morgan fingerprint density at radius 2 is 1.88 bits per heavy atom. The molecular weight excluding hydrogens is 471 g/mol. The Balaban J connectivity index is 1.31. The maximum absolute atomic E-state index is 14.7. The number of rotatable bonds is 8. The van der Waals surface area contributed by atoms with E-state index in [2.05, 4.69) is 15.5 Å². The van der Waals surface area contributed by atoms with Crippen molar-refractivity contribution in [3.63, 3.8) is 0 Å². The number of hydrogen-bond acceptors (Lipinski definition) is 6. The molecule has 1 amide bonds. The standard InChI is InChI=1S/C25H19FN4O2S2/c26-20-6-1-2-7-21(20)30-23(22-8-4-14-33-22)28-29-25(30)34-16-17-9-11-18(12-10-17)24(31)27-15-19-5-3-13-32-19/h1-14H,15-16H2,(H,27,31). The molecule has 0 radical (unpaired) electrons. The number of carbonyl (C=O) groups is 1. The Morgan fingerprint density at radius 3 is 2.62 bits per heavy atom. The predicted octanol–water partition coefficient (Wildman–Crippen LogP) is 5.95. The lowest BCUT2D eigenvalue weighted by atomic mass is 10.1. The molecule has 3 aromatic heterocycles. The first-order valence-electron chi connectivity index (χ1n) is 10.5. The molecule has 0 bridgehead atoms. The molecule has 0 atom stereocenters. The van der Waals surface area contributed by atoms with Crippen LogP contribution in [0.4, 0.5) is 4.39 Å². The van der Waals surface area contributed by atoms with Gasteiger partial charge in [0.25, 0.3) is 5.91 Å². The fourth-order valence-corrected chi connectivity index (χ4v) is 4.96. The van der Waals surface area contributed by atoms with Gasteiger partial charge < -0.3 is 9.73 Å². The minimum Gasteiger partial charge on any atom is -0.467 e. The SMILES string of the molecule is O=C(NCc1ccco1)c1ccc(CSc2nnc(-c3cccs3)n2-c2ccccc2F)cc1. The van der Waals surface area contributed by atoms with Crippen molar-refractivity contribution in [2.45, 2.75) is 17.5 Å². The first-order valence-corrected chi connectivity index (χ1v) is 12.3. The Bertz CT molecular complexity index is 1380. The van der Waals surface area contributed by atoms with E-state index in [1.807, 2.05) is 35.7 Å². The Morgan fingerprint density at radius 1 is 1.03 bits per heavy atom. The molecular formula is C25H19FN4O2S2. The lowest BCUT2D eigenvalue weighted by Crippen LogP contribution is -2.22. The molecule has 0 aliphatic heterocycles. The van der Waals surface area contributed by atoms with Crippen molar-refractivity contribution in [1.82, 2.24) is 20.1 Å². The molecule has 3 heterocycles. The van der Waals surface area contributed by atoms with Crippen LogP contribution in [0.3, 0.4) is 0 Å². The summed E-state index contributed by atoms with van der Waals surface area (Å²) in [6, 6.07) is 21.4. The molecule has 0 saturated heterocycles. The van der Waals surface area contributed by atoms with Gasteiger partial charge in [-0.1, -0.05) is 42.1 Å². The largest absolute Gasteiger partial charge is 0.467 e. The van der Waals surface area contributed by atoms with Gasteiger partial charge in [0.15, 0.2) is 11.0 Å². The lowest BCUT2D eigenvalue weighted by Gasteiger charge is -2.10. The second-order valence-electron chi connectivity index (χ2n) is 7.32. The van der Waals surface area contributed by atoms with Crippen molar-refractivity contribution in [3.8, 4) is 16.4 Å². The molecule has 0 saturated carbocycles. The van der Waals surface area contributed by atoms with Gasteiger partial charge in [0.1, 0.15) is 11.6 Å². The number of carbonyl (C=O) groups excluding carboxylic acids is 1. The minimum absolute atomic E-state index is 0.171. The van der Waals surface area contributed by atoms with Crippen LogP contribution >= 0.6 is 23.1 Å². The van der Waals surface area contributed by atoms with Crippen molar-refractivity contribution in [3.05, 3.63) is 107 Å². The van der Waals surface area contributed by atoms with Gasteiger partial charge in [0.05, 0.1) is 23.4 Å².